The molecule has 1 aliphatic rings. The van der Waals surface area contributed by atoms with Crippen molar-refractivity contribution in [1.82, 2.24) is 5.16 Å². The van der Waals surface area contributed by atoms with Gasteiger partial charge in [-0.05, 0) is 24.3 Å². The van der Waals surface area contributed by atoms with Gasteiger partial charge in [-0.25, -0.2) is 13.6 Å². The summed E-state index contributed by atoms with van der Waals surface area (Å²) in [5.74, 6) is 0.552. The van der Waals surface area contributed by atoms with E-state index in [0.29, 0.717) is 11.4 Å². The van der Waals surface area contributed by atoms with Gasteiger partial charge in [0.05, 0.1) is 7.11 Å². The predicted molar refractivity (Wildman–Crippen MR) is 82.4 cm³/mol. The van der Waals surface area contributed by atoms with Crippen LogP contribution in [0.1, 0.15) is 6.42 Å². The van der Waals surface area contributed by atoms with Crippen LogP contribution in [0.4, 0.5) is 5.88 Å². The number of anilines is 1. The highest BCUT2D eigenvalue weighted by Crippen LogP contribution is 2.29. The summed E-state index contributed by atoms with van der Waals surface area (Å²) < 4.78 is 33.0. The topological polar surface area (TPSA) is 116 Å². The number of sulfonamides is 1. The van der Waals surface area contributed by atoms with E-state index in [4.69, 9.17) is 14.4 Å². The average molecular weight is 337 g/mol. The van der Waals surface area contributed by atoms with Crippen LogP contribution in [0.2, 0.25) is 0 Å². The number of hydrogen-bond acceptors (Lipinski definition) is 6. The van der Waals surface area contributed by atoms with E-state index in [1.54, 1.807) is 37.4 Å². The first-order chi connectivity index (χ1) is 10.9. The second-order valence-corrected chi connectivity index (χ2v) is 7.04. The Hall–Kier alpha value is -2.39. The summed E-state index contributed by atoms with van der Waals surface area (Å²) in [4.78, 5) is 13.2. The van der Waals surface area contributed by atoms with Crippen LogP contribution >= 0.6 is 0 Å². The third-order valence-electron chi connectivity index (χ3n) is 3.70. The maximum absolute atomic E-state index is 12.0. The fraction of sp³-hybridized carbons (Fsp3) is 0.286. The second kappa shape index (κ2) is 5.67. The lowest BCUT2D eigenvalue weighted by Gasteiger charge is -2.10. The zero-order valence-electron chi connectivity index (χ0n) is 12.3. The minimum Gasteiger partial charge on any atom is -0.497 e. The number of nitrogens with zero attached hydrogens (tertiary/aromatic N) is 2. The third-order valence-corrected chi connectivity index (χ3v) is 4.95. The molecule has 1 unspecified atom stereocenters. The van der Waals surface area contributed by atoms with Crippen molar-refractivity contribution in [3.05, 3.63) is 30.3 Å². The minimum absolute atomic E-state index is 0.0328. The summed E-state index contributed by atoms with van der Waals surface area (Å²) in [6.45, 7) is -0.0328. The molecule has 1 fully saturated rings. The zero-order chi connectivity index (χ0) is 16.6. The fourth-order valence-electron chi connectivity index (χ4n) is 2.40. The molecular weight excluding hydrogens is 322 g/mol. The van der Waals surface area contributed by atoms with Gasteiger partial charge in [0, 0.05) is 24.6 Å². The molecule has 3 rings (SSSR count). The number of nitrogens with two attached hydrogens (primary N) is 1. The average Bonchev–Trinajstić information content (AvgIpc) is 3.13. The maximum Gasteiger partial charge on any atom is 0.234 e. The number of primary sulfonamides is 1. The molecule has 1 atom stereocenters. The van der Waals surface area contributed by atoms with Gasteiger partial charge in [-0.2, -0.15) is 0 Å². The molecule has 2 N–H and O–H groups in total. The lowest BCUT2D eigenvalue weighted by atomic mass is 10.1. The molecule has 2 heterocycles. The normalized spacial score (nSPS) is 18.4. The van der Waals surface area contributed by atoms with E-state index in [2.05, 4.69) is 5.16 Å². The van der Waals surface area contributed by atoms with Crippen LogP contribution in [0.3, 0.4) is 0 Å². The van der Waals surface area contributed by atoms with E-state index in [0.717, 1.165) is 5.56 Å². The molecular formula is C14H15N3O5S. The van der Waals surface area contributed by atoms with Gasteiger partial charge in [-0.3, -0.25) is 9.69 Å². The lowest BCUT2D eigenvalue weighted by Crippen LogP contribution is -2.31. The lowest BCUT2D eigenvalue weighted by molar-refractivity contribution is -0.117. The molecule has 1 aromatic carbocycles. The van der Waals surface area contributed by atoms with Crippen LogP contribution < -0.4 is 14.8 Å². The largest absolute Gasteiger partial charge is 0.497 e. The number of ether oxygens (including phenoxy) is 1. The molecule has 23 heavy (non-hydrogen) atoms. The van der Waals surface area contributed by atoms with Gasteiger partial charge in [0.2, 0.25) is 21.8 Å². The first-order valence-corrected chi connectivity index (χ1v) is 8.42. The van der Waals surface area contributed by atoms with Gasteiger partial charge in [0.25, 0.3) is 0 Å². The minimum atomic E-state index is -3.77. The zero-order valence-corrected chi connectivity index (χ0v) is 13.1. The van der Waals surface area contributed by atoms with Crippen molar-refractivity contribution >= 4 is 21.8 Å². The van der Waals surface area contributed by atoms with Crippen LogP contribution in [0.25, 0.3) is 11.3 Å². The Kier molecular flexibility index (Phi) is 3.82. The van der Waals surface area contributed by atoms with Crippen molar-refractivity contribution in [1.29, 1.82) is 0 Å². The quantitative estimate of drug-likeness (QED) is 0.880. The highest BCUT2D eigenvalue weighted by Gasteiger charge is 2.38. The molecule has 1 aromatic heterocycles. The number of carbonyl (C=O) groups is 1. The van der Waals surface area contributed by atoms with E-state index in [9.17, 15) is 13.2 Å². The van der Waals surface area contributed by atoms with E-state index in [1.807, 2.05) is 0 Å². The molecule has 9 heteroatoms. The number of rotatable bonds is 4. The van der Waals surface area contributed by atoms with Crippen molar-refractivity contribution in [3.8, 4) is 17.0 Å². The number of aromatic nitrogens is 1. The van der Waals surface area contributed by atoms with Gasteiger partial charge in [-0.15, -0.1) is 0 Å². The molecule has 0 bridgehead atoms. The Balaban J connectivity index is 1.83. The Morgan fingerprint density at radius 3 is 2.61 bits per heavy atom. The molecule has 1 saturated heterocycles. The van der Waals surface area contributed by atoms with E-state index < -0.39 is 15.3 Å². The first kappa shape index (κ1) is 15.5. The number of methoxy groups -OCH3 is 1. The van der Waals surface area contributed by atoms with Crippen molar-refractivity contribution in [3.63, 3.8) is 0 Å². The molecule has 0 saturated carbocycles. The maximum atomic E-state index is 12.0. The van der Waals surface area contributed by atoms with Crippen LogP contribution in [0.5, 0.6) is 5.75 Å². The molecule has 1 aliphatic heterocycles. The smallest absolute Gasteiger partial charge is 0.234 e. The molecule has 2 aromatic rings. The Labute approximate surface area is 132 Å². The second-order valence-electron chi connectivity index (χ2n) is 5.20. The summed E-state index contributed by atoms with van der Waals surface area (Å²) in [7, 11) is -2.19. The van der Waals surface area contributed by atoms with Gasteiger partial charge >= 0.3 is 0 Å². The van der Waals surface area contributed by atoms with Crippen LogP contribution in [-0.2, 0) is 14.8 Å². The summed E-state index contributed by atoms with van der Waals surface area (Å²) in [6.07, 6.45) is -0.155. The van der Waals surface area contributed by atoms with Gasteiger partial charge < -0.3 is 9.26 Å². The number of amides is 1. The highest BCUT2D eigenvalue weighted by atomic mass is 32.2. The summed E-state index contributed by atoms with van der Waals surface area (Å²) in [6, 6.07) is 8.76. The fourth-order valence-corrected chi connectivity index (χ4v) is 3.13. The van der Waals surface area contributed by atoms with Crippen LogP contribution in [-0.4, -0.2) is 38.4 Å². The predicted octanol–water partition coefficient (Wildman–Crippen LogP) is 0.744. The molecule has 0 spiro atoms. The number of benzene rings is 1. The van der Waals surface area contributed by atoms with Crippen molar-refractivity contribution in [2.45, 2.75) is 11.7 Å². The summed E-state index contributed by atoms with van der Waals surface area (Å²) >= 11 is 0. The molecule has 122 valence electrons. The van der Waals surface area contributed by atoms with Crippen LogP contribution in [0.15, 0.2) is 34.9 Å². The first-order valence-electron chi connectivity index (χ1n) is 6.81. The molecule has 0 aliphatic carbocycles. The van der Waals surface area contributed by atoms with Gasteiger partial charge in [0.15, 0.2) is 0 Å². The van der Waals surface area contributed by atoms with E-state index >= 15 is 0 Å². The highest BCUT2D eigenvalue weighted by molar-refractivity contribution is 7.89. The summed E-state index contributed by atoms with van der Waals surface area (Å²) in [5, 5.41) is 8.09. The van der Waals surface area contributed by atoms with Crippen LogP contribution in [0, 0.1) is 0 Å². The number of hydrogen-bond donors (Lipinski definition) is 1. The van der Waals surface area contributed by atoms with Gasteiger partial charge in [0.1, 0.15) is 16.7 Å². The monoisotopic (exact) mass is 337 g/mol. The molecule has 0 radical (unpaired) electrons. The van der Waals surface area contributed by atoms with E-state index in [1.165, 1.54) is 4.90 Å². The third kappa shape index (κ3) is 3.06. The van der Waals surface area contributed by atoms with E-state index in [-0.39, 0.29) is 24.8 Å². The van der Waals surface area contributed by atoms with Gasteiger partial charge in [-0.1, -0.05) is 5.16 Å². The van der Waals surface area contributed by atoms with Crippen molar-refractivity contribution in [2.75, 3.05) is 18.6 Å². The molecule has 8 nitrogen and oxygen atoms in total. The Morgan fingerprint density at radius 1 is 1.35 bits per heavy atom. The Bertz CT molecular complexity index is 828. The number of carbonyl (C=O) groups excluding carboxylic acids is 1. The summed E-state index contributed by atoms with van der Waals surface area (Å²) in [5.41, 5.74) is 1.32. The SMILES string of the molecule is COc1ccc(-c2cc(N3CC(S(N)(=O)=O)CC3=O)on2)cc1. The Morgan fingerprint density at radius 2 is 2.04 bits per heavy atom. The standard InChI is InChI=1S/C14H15N3O5S/c1-21-10-4-2-9(3-5-10)12-7-14(22-16-12)17-8-11(6-13(17)18)23(15,19)20/h2-5,7,11H,6,8H2,1H3,(H2,15,19,20). The molecule has 1 amide bonds. The van der Waals surface area contributed by atoms with Crippen molar-refractivity contribution < 1.29 is 22.5 Å². The van der Waals surface area contributed by atoms with Crippen molar-refractivity contribution in [2.24, 2.45) is 5.14 Å².